The number of pyridine rings is 1. The molecule has 0 saturated heterocycles. The van der Waals surface area contributed by atoms with Crippen molar-refractivity contribution in [3.63, 3.8) is 0 Å². The minimum Gasteiger partial charge on any atom is -0.493 e. The first kappa shape index (κ1) is 21.4. The van der Waals surface area contributed by atoms with Crippen molar-refractivity contribution in [1.82, 2.24) is 4.98 Å². The Kier molecular flexibility index (Phi) is 6.55. The smallest absolute Gasteiger partial charge is 0.163 e. The summed E-state index contributed by atoms with van der Waals surface area (Å²) in [5.41, 5.74) is 3.41. The summed E-state index contributed by atoms with van der Waals surface area (Å²) in [7, 11) is 2.23. The molecule has 1 aliphatic heterocycles. The molecule has 0 saturated carbocycles. The van der Waals surface area contributed by atoms with E-state index in [4.69, 9.17) is 19.3 Å². The van der Waals surface area contributed by atoms with Gasteiger partial charge >= 0.3 is 0 Å². The molecule has 5 nitrogen and oxygen atoms in total. The SMILES string of the molecule is COc1cc2c(OC3=CC(C)=C(C)PC3c3ccccc3)ccnc2cc1OCCO. The second kappa shape index (κ2) is 9.51. The monoisotopic (exact) mass is 435 g/mol. The number of ether oxygens (including phenoxy) is 3. The quantitative estimate of drug-likeness (QED) is 0.489. The minimum atomic E-state index is -0.0696. The highest BCUT2D eigenvalue weighted by Crippen LogP contribution is 2.51. The average Bonchev–Trinajstić information content (AvgIpc) is 2.80. The van der Waals surface area contributed by atoms with E-state index in [-0.39, 0.29) is 18.9 Å². The van der Waals surface area contributed by atoms with Crippen LogP contribution < -0.4 is 14.2 Å². The van der Waals surface area contributed by atoms with Crippen molar-refractivity contribution < 1.29 is 19.3 Å². The standard InChI is InChI=1S/C25H26NO4P/c1-16-13-24(25(31-17(16)2)18-7-5-4-6-8-18)30-21-9-10-26-20-15-23(29-12-11-27)22(28-3)14-19(20)21/h4-10,13-15,25,27,31H,11-12H2,1-3H3. The number of benzene rings is 2. The molecule has 2 unspecified atom stereocenters. The number of nitrogens with zero attached hydrogens (tertiary/aromatic N) is 1. The zero-order valence-corrected chi connectivity index (χ0v) is 18.9. The largest absolute Gasteiger partial charge is 0.493 e. The fraction of sp³-hybridized carbons (Fsp3) is 0.240. The predicted molar refractivity (Wildman–Crippen MR) is 125 cm³/mol. The first-order chi connectivity index (χ1) is 15.1. The molecule has 0 fully saturated rings. The Labute approximate surface area is 184 Å². The zero-order chi connectivity index (χ0) is 21.8. The van der Waals surface area contributed by atoms with Gasteiger partial charge in [0.05, 0.1) is 24.9 Å². The van der Waals surface area contributed by atoms with Crippen molar-refractivity contribution in [3.05, 3.63) is 83.0 Å². The fourth-order valence-electron chi connectivity index (χ4n) is 3.56. The fourth-order valence-corrected chi connectivity index (χ4v) is 4.94. The van der Waals surface area contributed by atoms with Crippen molar-refractivity contribution >= 4 is 19.5 Å². The Balaban J connectivity index is 1.75. The summed E-state index contributed by atoms with van der Waals surface area (Å²) in [5, 5.41) is 11.3. The number of fused-ring (bicyclic) bond motifs is 1. The molecule has 1 aliphatic rings. The van der Waals surface area contributed by atoms with E-state index in [1.54, 1.807) is 13.3 Å². The van der Waals surface area contributed by atoms with Gasteiger partial charge in [-0.3, -0.25) is 4.98 Å². The number of methoxy groups -OCH3 is 1. The number of hydrogen-bond acceptors (Lipinski definition) is 5. The van der Waals surface area contributed by atoms with Gasteiger partial charge in [0.1, 0.15) is 18.1 Å². The third-order valence-electron chi connectivity index (χ3n) is 5.29. The normalized spacial score (nSPS) is 17.0. The number of aromatic nitrogens is 1. The Morgan fingerprint density at radius 3 is 2.58 bits per heavy atom. The molecule has 0 aliphatic carbocycles. The van der Waals surface area contributed by atoms with Gasteiger partial charge in [0.25, 0.3) is 0 Å². The molecule has 2 heterocycles. The summed E-state index contributed by atoms with van der Waals surface area (Å²) in [6.45, 7) is 4.44. The Morgan fingerprint density at radius 2 is 1.84 bits per heavy atom. The van der Waals surface area contributed by atoms with Crippen LogP contribution in [0, 0.1) is 0 Å². The van der Waals surface area contributed by atoms with Crippen LogP contribution in [0.5, 0.6) is 17.2 Å². The second-order valence-corrected chi connectivity index (χ2v) is 8.96. The predicted octanol–water partition coefficient (Wildman–Crippen LogP) is 5.60. The van der Waals surface area contributed by atoms with Crippen LogP contribution in [0.3, 0.4) is 0 Å². The highest BCUT2D eigenvalue weighted by atomic mass is 31.1. The van der Waals surface area contributed by atoms with Crippen LogP contribution in [0.25, 0.3) is 10.9 Å². The molecule has 6 heteroatoms. The van der Waals surface area contributed by atoms with Crippen LogP contribution in [-0.2, 0) is 0 Å². The van der Waals surface area contributed by atoms with Crippen molar-refractivity contribution in [2.24, 2.45) is 0 Å². The summed E-state index contributed by atoms with van der Waals surface area (Å²) in [4.78, 5) is 4.48. The number of hydrogen-bond donors (Lipinski definition) is 1. The summed E-state index contributed by atoms with van der Waals surface area (Å²) >= 11 is 0. The number of rotatable bonds is 7. The Morgan fingerprint density at radius 1 is 1.03 bits per heavy atom. The van der Waals surface area contributed by atoms with Crippen LogP contribution in [-0.4, -0.2) is 30.4 Å². The molecule has 31 heavy (non-hydrogen) atoms. The van der Waals surface area contributed by atoms with Gasteiger partial charge in [0.2, 0.25) is 0 Å². The summed E-state index contributed by atoms with van der Waals surface area (Å²) in [5.74, 6) is 2.77. The van der Waals surface area contributed by atoms with E-state index in [1.807, 2.05) is 24.3 Å². The molecule has 3 aromatic rings. The molecule has 1 N–H and O–H groups in total. The highest BCUT2D eigenvalue weighted by molar-refractivity contribution is 7.43. The molecule has 0 bridgehead atoms. The number of aliphatic hydroxyl groups is 1. The maximum absolute atomic E-state index is 9.08. The Bertz CT molecular complexity index is 1140. The lowest BCUT2D eigenvalue weighted by Crippen LogP contribution is -2.09. The number of allylic oxidation sites excluding steroid dienone is 4. The zero-order valence-electron chi connectivity index (χ0n) is 17.9. The molecular formula is C25H26NO4P. The van der Waals surface area contributed by atoms with Crippen LogP contribution in [0.4, 0.5) is 0 Å². The van der Waals surface area contributed by atoms with Crippen LogP contribution in [0.15, 0.2) is 77.5 Å². The van der Waals surface area contributed by atoms with E-state index in [1.165, 1.54) is 16.5 Å². The molecule has 0 radical (unpaired) electrons. The van der Waals surface area contributed by atoms with E-state index in [0.29, 0.717) is 20.1 Å². The van der Waals surface area contributed by atoms with Gasteiger partial charge in [0.15, 0.2) is 11.5 Å². The van der Waals surface area contributed by atoms with Crippen molar-refractivity contribution in [3.8, 4) is 17.2 Å². The summed E-state index contributed by atoms with van der Waals surface area (Å²) < 4.78 is 17.6. The van der Waals surface area contributed by atoms with E-state index >= 15 is 0 Å². The van der Waals surface area contributed by atoms with Crippen molar-refractivity contribution in [2.45, 2.75) is 19.5 Å². The molecule has 4 rings (SSSR count). The first-order valence-electron chi connectivity index (χ1n) is 10.2. The van der Waals surface area contributed by atoms with E-state index < -0.39 is 0 Å². The lowest BCUT2D eigenvalue weighted by Gasteiger charge is -2.27. The highest BCUT2D eigenvalue weighted by Gasteiger charge is 2.24. The van der Waals surface area contributed by atoms with E-state index in [9.17, 15) is 0 Å². The van der Waals surface area contributed by atoms with Crippen LogP contribution in [0.2, 0.25) is 0 Å². The molecule has 2 atom stereocenters. The topological polar surface area (TPSA) is 60.8 Å². The molecule has 1 aromatic heterocycles. The maximum Gasteiger partial charge on any atom is 0.163 e. The van der Waals surface area contributed by atoms with Crippen LogP contribution in [0.1, 0.15) is 25.1 Å². The first-order valence-corrected chi connectivity index (χ1v) is 11.3. The van der Waals surface area contributed by atoms with Gasteiger partial charge in [-0.05, 0) is 48.5 Å². The molecular weight excluding hydrogens is 409 g/mol. The number of aliphatic hydroxyl groups excluding tert-OH is 1. The second-order valence-electron chi connectivity index (χ2n) is 7.35. The van der Waals surface area contributed by atoms with Gasteiger partial charge in [0, 0.05) is 17.6 Å². The van der Waals surface area contributed by atoms with Gasteiger partial charge in [-0.1, -0.05) is 38.9 Å². The lowest BCUT2D eigenvalue weighted by atomic mass is 10.1. The van der Waals surface area contributed by atoms with Gasteiger partial charge in [-0.2, -0.15) is 0 Å². The summed E-state index contributed by atoms with van der Waals surface area (Å²) in [6.07, 6.45) is 3.88. The molecule has 160 valence electrons. The third-order valence-corrected chi connectivity index (χ3v) is 7.03. The van der Waals surface area contributed by atoms with Gasteiger partial charge in [-0.25, -0.2) is 0 Å². The van der Waals surface area contributed by atoms with E-state index in [0.717, 1.165) is 22.4 Å². The maximum atomic E-state index is 9.08. The van der Waals surface area contributed by atoms with E-state index in [2.05, 4.69) is 49.2 Å². The molecule has 0 spiro atoms. The Hall–Kier alpha value is -2.88. The van der Waals surface area contributed by atoms with Gasteiger partial charge < -0.3 is 19.3 Å². The third kappa shape index (κ3) is 4.58. The summed E-state index contributed by atoms with van der Waals surface area (Å²) in [6, 6.07) is 16.0. The van der Waals surface area contributed by atoms with Crippen LogP contribution >= 0.6 is 8.58 Å². The van der Waals surface area contributed by atoms with Crippen molar-refractivity contribution in [2.75, 3.05) is 20.3 Å². The average molecular weight is 435 g/mol. The van der Waals surface area contributed by atoms with Crippen molar-refractivity contribution in [1.29, 1.82) is 0 Å². The molecule has 2 aromatic carbocycles. The minimum absolute atomic E-state index is 0.0696. The van der Waals surface area contributed by atoms with Gasteiger partial charge in [-0.15, -0.1) is 0 Å². The lowest BCUT2D eigenvalue weighted by molar-refractivity contribution is 0.196. The molecule has 0 amide bonds.